The van der Waals surface area contributed by atoms with Gasteiger partial charge in [0.1, 0.15) is 18.1 Å². The zero-order valence-electron chi connectivity index (χ0n) is 19.0. The number of ether oxygens (including phenoxy) is 2. The Hall–Kier alpha value is -3.02. The lowest BCUT2D eigenvalue weighted by molar-refractivity contribution is -0.384. The molecular formula is C25H22BrN3O5S2. The van der Waals surface area contributed by atoms with Crippen LogP contribution in [-0.4, -0.2) is 35.2 Å². The molecule has 8 nitrogen and oxygen atoms in total. The molecule has 3 aromatic carbocycles. The molecular weight excluding hydrogens is 566 g/mol. The van der Waals surface area contributed by atoms with Gasteiger partial charge in [0, 0.05) is 23.6 Å². The van der Waals surface area contributed by atoms with Crippen LogP contribution in [0.25, 0.3) is 0 Å². The van der Waals surface area contributed by atoms with E-state index in [1.165, 1.54) is 35.4 Å². The number of nitrogens with one attached hydrogen (secondary N) is 1. The minimum absolute atomic E-state index is 0.0183. The molecule has 1 heterocycles. The maximum atomic E-state index is 12.1. The van der Waals surface area contributed by atoms with Crippen LogP contribution in [0.4, 0.5) is 5.69 Å². The maximum absolute atomic E-state index is 12.1. The SMILES string of the molecule is O=C(COc1ccc(C2SCCS2)cc1)N/N=C\c1ccc(OCc2cccc([N+](=O)[O-])c2)c(Br)c1. The van der Waals surface area contributed by atoms with Gasteiger partial charge in [0.15, 0.2) is 6.61 Å². The summed E-state index contributed by atoms with van der Waals surface area (Å²) >= 11 is 7.34. The quantitative estimate of drug-likeness (QED) is 0.178. The van der Waals surface area contributed by atoms with E-state index in [0.717, 1.165) is 5.56 Å². The van der Waals surface area contributed by atoms with Gasteiger partial charge in [-0.25, -0.2) is 5.43 Å². The monoisotopic (exact) mass is 587 g/mol. The fourth-order valence-corrected chi connectivity index (χ4v) is 6.64. The number of hydrogen-bond donors (Lipinski definition) is 1. The van der Waals surface area contributed by atoms with E-state index in [4.69, 9.17) is 9.47 Å². The molecule has 1 saturated heterocycles. The molecule has 1 aliphatic heterocycles. The molecule has 0 unspecified atom stereocenters. The third-order valence-corrected chi connectivity index (χ3v) is 8.74. The van der Waals surface area contributed by atoms with Crippen molar-refractivity contribution in [3.05, 3.63) is 98.0 Å². The number of nitro benzene ring substituents is 1. The van der Waals surface area contributed by atoms with Gasteiger partial charge >= 0.3 is 0 Å². The van der Waals surface area contributed by atoms with Crippen molar-refractivity contribution in [2.45, 2.75) is 11.2 Å². The molecule has 4 rings (SSSR count). The molecule has 0 spiro atoms. The van der Waals surface area contributed by atoms with Crippen molar-refractivity contribution < 1.29 is 19.2 Å². The summed E-state index contributed by atoms with van der Waals surface area (Å²) in [6.07, 6.45) is 1.51. The highest BCUT2D eigenvalue weighted by Crippen LogP contribution is 2.45. The molecule has 36 heavy (non-hydrogen) atoms. The highest BCUT2D eigenvalue weighted by atomic mass is 79.9. The van der Waals surface area contributed by atoms with E-state index in [9.17, 15) is 14.9 Å². The lowest BCUT2D eigenvalue weighted by Crippen LogP contribution is -2.24. The summed E-state index contributed by atoms with van der Waals surface area (Å²) in [5, 5.41) is 14.9. The predicted molar refractivity (Wildman–Crippen MR) is 147 cm³/mol. The topological polar surface area (TPSA) is 103 Å². The highest BCUT2D eigenvalue weighted by Gasteiger charge is 2.18. The first-order valence-electron chi connectivity index (χ1n) is 10.9. The second-order valence-electron chi connectivity index (χ2n) is 7.63. The fraction of sp³-hybridized carbons (Fsp3) is 0.200. The maximum Gasteiger partial charge on any atom is 0.277 e. The molecule has 1 N–H and O–H groups in total. The Morgan fingerprint density at radius 2 is 1.89 bits per heavy atom. The van der Waals surface area contributed by atoms with Crippen LogP contribution in [0.1, 0.15) is 21.3 Å². The Morgan fingerprint density at radius 3 is 2.61 bits per heavy atom. The molecule has 11 heteroatoms. The molecule has 0 aliphatic carbocycles. The number of carbonyl (C=O) groups excluding carboxylic acids is 1. The van der Waals surface area contributed by atoms with E-state index in [-0.39, 0.29) is 24.8 Å². The summed E-state index contributed by atoms with van der Waals surface area (Å²) in [6.45, 7) is 0.0444. The smallest absolute Gasteiger partial charge is 0.277 e. The van der Waals surface area contributed by atoms with E-state index in [1.54, 1.807) is 30.3 Å². The number of rotatable bonds is 10. The molecule has 0 bridgehead atoms. The first kappa shape index (κ1) is 26.1. The Labute approximate surface area is 225 Å². The first-order chi connectivity index (χ1) is 17.5. The molecule has 0 saturated carbocycles. The van der Waals surface area contributed by atoms with Gasteiger partial charge in [-0.05, 0) is 63.0 Å². The summed E-state index contributed by atoms with van der Waals surface area (Å²) in [4.78, 5) is 22.5. The number of halogens is 1. The molecule has 1 amide bonds. The molecule has 0 atom stereocenters. The summed E-state index contributed by atoms with van der Waals surface area (Å²) in [7, 11) is 0. The van der Waals surface area contributed by atoms with E-state index in [0.29, 0.717) is 26.1 Å². The highest BCUT2D eigenvalue weighted by molar-refractivity contribution is 9.10. The molecule has 0 aromatic heterocycles. The van der Waals surface area contributed by atoms with Crippen molar-refractivity contribution in [3.63, 3.8) is 0 Å². The second kappa shape index (κ2) is 12.8. The Balaban J connectivity index is 1.22. The van der Waals surface area contributed by atoms with E-state index >= 15 is 0 Å². The van der Waals surface area contributed by atoms with Crippen molar-refractivity contribution in [1.29, 1.82) is 0 Å². The summed E-state index contributed by atoms with van der Waals surface area (Å²) in [5.74, 6) is 3.19. The second-order valence-corrected chi connectivity index (χ2v) is 11.2. The number of thioether (sulfide) groups is 2. The van der Waals surface area contributed by atoms with Crippen LogP contribution in [0.15, 0.2) is 76.3 Å². The summed E-state index contributed by atoms with van der Waals surface area (Å²) in [5.41, 5.74) is 5.16. The van der Waals surface area contributed by atoms with Crippen molar-refractivity contribution >= 4 is 57.3 Å². The largest absolute Gasteiger partial charge is 0.488 e. The average Bonchev–Trinajstić information content (AvgIpc) is 3.43. The van der Waals surface area contributed by atoms with Crippen molar-refractivity contribution in [2.75, 3.05) is 18.1 Å². The van der Waals surface area contributed by atoms with Crippen LogP contribution in [0.3, 0.4) is 0 Å². The predicted octanol–water partition coefficient (Wildman–Crippen LogP) is 5.94. The number of non-ortho nitro benzene ring substituents is 1. The van der Waals surface area contributed by atoms with E-state index in [1.807, 2.05) is 47.8 Å². The van der Waals surface area contributed by atoms with E-state index in [2.05, 4.69) is 26.5 Å². The Morgan fingerprint density at radius 1 is 1.11 bits per heavy atom. The number of hydrazone groups is 1. The number of hydrogen-bond acceptors (Lipinski definition) is 8. The van der Waals surface area contributed by atoms with Crippen LogP contribution in [-0.2, 0) is 11.4 Å². The average molecular weight is 589 g/mol. The van der Waals surface area contributed by atoms with Gasteiger partial charge in [-0.15, -0.1) is 23.5 Å². The third-order valence-electron chi connectivity index (χ3n) is 5.02. The zero-order chi connectivity index (χ0) is 25.3. The van der Waals surface area contributed by atoms with Gasteiger partial charge in [-0.3, -0.25) is 14.9 Å². The molecule has 1 aliphatic rings. The van der Waals surface area contributed by atoms with Crippen molar-refractivity contribution in [1.82, 2.24) is 5.43 Å². The van der Waals surface area contributed by atoms with E-state index < -0.39 is 4.92 Å². The van der Waals surface area contributed by atoms with Crippen LogP contribution < -0.4 is 14.9 Å². The van der Waals surface area contributed by atoms with Gasteiger partial charge in [-0.2, -0.15) is 5.10 Å². The minimum atomic E-state index is -0.439. The van der Waals surface area contributed by atoms with Gasteiger partial charge in [0.25, 0.3) is 11.6 Å². The van der Waals surface area contributed by atoms with Crippen LogP contribution in [0.2, 0.25) is 0 Å². The van der Waals surface area contributed by atoms with Gasteiger partial charge < -0.3 is 9.47 Å². The number of nitrogens with zero attached hydrogens (tertiary/aromatic N) is 2. The fourth-order valence-electron chi connectivity index (χ4n) is 3.27. The van der Waals surface area contributed by atoms with Crippen molar-refractivity contribution in [2.24, 2.45) is 5.10 Å². The van der Waals surface area contributed by atoms with Crippen molar-refractivity contribution in [3.8, 4) is 11.5 Å². The lowest BCUT2D eigenvalue weighted by Gasteiger charge is -2.10. The third kappa shape index (κ3) is 7.49. The van der Waals surface area contributed by atoms with Crippen LogP contribution in [0, 0.1) is 10.1 Å². The summed E-state index contributed by atoms with van der Waals surface area (Å²) in [6, 6.07) is 19.5. The standard InChI is InChI=1S/C25H22BrN3O5S2/c26-22-13-17(4-9-23(22)34-15-18-2-1-3-20(12-18)29(31)32)14-27-28-24(30)16-33-21-7-5-19(6-8-21)25-35-10-11-36-25/h1-9,12-14,25H,10-11,15-16H2,(H,28,30)/b27-14-. The molecule has 1 fully saturated rings. The number of amides is 1. The van der Waals surface area contributed by atoms with Crippen LogP contribution in [0.5, 0.6) is 11.5 Å². The summed E-state index contributed by atoms with van der Waals surface area (Å²) < 4.78 is 12.5. The Kier molecular flexibility index (Phi) is 9.26. The lowest BCUT2D eigenvalue weighted by atomic mass is 10.2. The molecule has 3 aromatic rings. The number of carbonyl (C=O) groups is 1. The molecule has 0 radical (unpaired) electrons. The first-order valence-corrected chi connectivity index (χ1v) is 13.8. The molecule has 186 valence electrons. The van der Waals surface area contributed by atoms with Crippen LogP contribution >= 0.6 is 39.5 Å². The number of nitro groups is 1. The normalized spacial score (nSPS) is 13.6. The van der Waals surface area contributed by atoms with Gasteiger partial charge in [0.05, 0.1) is 20.2 Å². The Bertz CT molecular complexity index is 1250. The minimum Gasteiger partial charge on any atom is -0.488 e. The number of benzene rings is 3. The van der Waals surface area contributed by atoms with Gasteiger partial charge in [-0.1, -0.05) is 24.3 Å². The zero-order valence-corrected chi connectivity index (χ0v) is 22.2. The van der Waals surface area contributed by atoms with Gasteiger partial charge in [0.2, 0.25) is 0 Å².